The van der Waals surface area contributed by atoms with E-state index in [4.69, 9.17) is 14.2 Å². The van der Waals surface area contributed by atoms with E-state index in [1.807, 2.05) is 0 Å². The zero-order valence-electron chi connectivity index (χ0n) is 23.8. The average Bonchev–Trinajstić information content (AvgIpc) is 3.52. The van der Waals surface area contributed by atoms with E-state index in [0.29, 0.717) is 11.1 Å². The molecular formula is C30H30F7N3O4S. The van der Waals surface area contributed by atoms with Crippen LogP contribution in [0.15, 0.2) is 79.4 Å². The molecule has 1 fully saturated rings. The summed E-state index contributed by atoms with van der Waals surface area (Å²) in [6.45, 7) is 0.875. The Morgan fingerprint density at radius 3 is 2.22 bits per heavy atom. The molecule has 0 saturated carbocycles. The fourth-order valence-corrected chi connectivity index (χ4v) is 5.62. The van der Waals surface area contributed by atoms with E-state index in [-0.39, 0.29) is 30.8 Å². The van der Waals surface area contributed by atoms with E-state index in [9.17, 15) is 35.8 Å². The number of rotatable bonds is 13. The molecule has 0 unspecified atom stereocenters. The fourth-order valence-electron chi connectivity index (χ4n) is 4.29. The Hall–Kier alpha value is -3.40. The van der Waals surface area contributed by atoms with Gasteiger partial charge in [0.15, 0.2) is 12.9 Å². The minimum absolute atomic E-state index is 0.0324. The van der Waals surface area contributed by atoms with Crippen LogP contribution in [0, 0.1) is 0 Å². The molecule has 4 rings (SSSR count). The van der Waals surface area contributed by atoms with E-state index < -0.39 is 47.8 Å². The number of aliphatic hydroxyl groups is 1. The van der Waals surface area contributed by atoms with Gasteiger partial charge in [-0.05, 0) is 41.5 Å². The Bertz CT molecular complexity index is 1400. The maximum absolute atomic E-state index is 13.1. The second-order valence-electron chi connectivity index (χ2n) is 10.2. The lowest BCUT2D eigenvalue weighted by molar-refractivity contribution is -0.148. The van der Waals surface area contributed by atoms with E-state index in [0.717, 1.165) is 12.1 Å². The van der Waals surface area contributed by atoms with Crippen LogP contribution in [-0.2, 0) is 27.8 Å². The highest BCUT2D eigenvalue weighted by Crippen LogP contribution is 2.39. The number of thioether (sulfide) groups is 1. The van der Waals surface area contributed by atoms with Crippen LogP contribution >= 0.6 is 11.8 Å². The van der Waals surface area contributed by atoms with Gasteiger partial charge in [-0.15, -0.1) is 11.8 Å². The van der Waals surface area contributed by atoms with Gasteiger partial charge in [0.1, 0.15) is 24.0 Å². The Labute approximate surface area is 258 Å². The monoisotopic (exact) mass is 661 g/mol. The Kier molecular flexibility index (Phi) is 11.3. The van der Waals surface area contributed by atoms with E-state index in [1.54, 1.807) is 43.4 Å². The summed E-state index contributed by atoms with van der Waals surface area (Å²) in [5.41, 5.74) is -1.41. The molecule has 7 nitrogen and oxygen atoms in total. The SMILES string of the molecule is C[C@@H](S[C@H]1CO[C@H](/C=C/C=C/c2ccc(OCC(F)(F)C(F)F)cc2)OC1)[C@](O)(Cn1cncn1)c1ccc(C(F)(F)F)cc1. The second kappa shape index (κ2) is 14.8. The largest absolute Gasteiger partial charge is 0.487 e. The summed E-state index contributed by atoms with van der Waals surface area (Å²) in [5, 5.41) is 15.1. The molecule has 0 amide bonds. The second-order valence-corrected chi connectivity index (χ2v) is 11.8. The number of aromatic nitrogens is 3. The number of hydrogen-bond acceptors (Lipinski definition) is 7. The lowest BCUT2D eigenvalue weighted by Crippen LogP contribution is -2.43. The first-order valence-electron chi connectivity index (χ1n) is 13.6. The molecule has 1 aliphatic heterocycles. The van der Waals surface area contributed by atoms with Gasteiger partial charge in [-0.2, -0.15) is 27.1 Å². The number of nitrogens with zero attached hydrogens (tertiary/aromatic N) is 3. The molecule has 1 aromatic heterocycles. The summed E-state index contributed by atoms with van der Waals surface area (Å²) >= 11 is 1.38. The number of ether oxygens (including phenoxy) is 3. The predicted octanol–water partition coefficient (Wildman–Crippen LogP) is 6.60. The van der Waals surface area contributed by atoms with Crippen LogP contribution in [0.2, 0.25) is 0 Å². The van der Waals surface area contributed by atoms with Crippen molar-refractivity contribution in [2.75, 3.05) is 19.8 Å². The van der Waals surface area contributed by atoms with Crippen molar-refractivity contribution < 1.29 is 50.1 Å². The van der Waals surface area contributed by atoms with Crippen molar-refractivity contribution in [3.8, 4) is 5.75 Å². The van der Waals surface area contributed by atoms with Crippen molar-refractivity contribution in [3.63, 3.8) is 0 Å². The third kappa shape index (κ3) is 9.55. The van der Waals surface area contributed by atoms with Crippen LogP contribution in [-0.4, -0.2) is 68.8 Å². The Morgan fingerprint density at radius 1 is 1.00 bits per heavy atom. The van der Waals surface area contributed by atoms with Crippen molar-refractivity contribution in [3.05, 3.63) is 96.1 Å². The first kappa shape index (κ1) is 34.5. The predicted molar refractivity (Wildman–Crippen MR) is 153 cm³/mol. The zero-order chi connectivity index (χ0) is 32.7. The molecule has 0 radical (unpaired) electrons. The molecule has 1 saturated heterocycles. The molecule has 2 heterocycles. The van der Waals surface area contributed by atoms with Crippen molar-refractivity contribution in [2.24, 2.45) is 0 Å². The molecule has 45 heavy (non-hydrogen) atoms. The standard InChI is InChI=1S/C30H30F7N3O4S/c1-20(28(41,16-40-19-38-18-39-40)22-8-10-23(11-9-22)30(35,36)37)45-25-14-42-26(43-15-25)5-3-2-4-21-6-12-24(13-7-21)44-17-29(33,34)27(31)32/h2-13,18-20,25-27,41H,14-17H2,1H3/b4-2+,5-3+/t20-,25-,26-,28-/m1/s1. The van der Waals surface area contributed by atoms with Gasteiger partial charge < -0.3 is 19.3 Å². The van der Waals surface area contributed by atoms with Crippen molar-refractivity contribution in [1.29, 1.82) is 0 Å². The summed E-state index contributed by atoms with van der Waals surface area (Å²) in [6.07, 6.45) is 0.538. The van der Waals surface area contributed by atoms with Crippen molar-refractivity contribution in [2.45, 2.75) is 54.4 Å². The lowest BCUT2D eigenvalue weighted by atomic mass is 9.90. The van der Waals surface area contributed by atoms with Gasteiger partial charge in [0.2, 0.25) is 0 Å². The fraction of sp³-hybridized carbons (Fsp3) is 0.400. The van der Waals surface area contributed by atoms with Gasteiger partial charge >= 0.3 is 18.5 Å². The molecule has 1 aliphatic rings. The van der Waals surface area contributed by atoms with Crippen LogP contribution < -0.4 is 4.74 Å². The van der Waals surface area contributed by atoms with E-state index >= 15 is 0 Å². The number of hydrogen-bond donors (Lipinski definition) is 1. The average molecular weight is 662 g/mol. The van der Waals surface area contributed by atoms with Crippen LogP contribution in [0.1, 0.15) is 23.6 Å². The van der Waals surface area contributed by atoms with Gasteiger partial charge in [-0.3, -0.25) is 0 Å². The van der Waals surface area contributed by atoms with Crippen LogP contribution in [0.5, 0.6) is 5.75 Å². The molecule has 0 aliphatic carbocycles. The molecule has 0 spiro atoms. The molecular weight excluding hydrogens is 631 g/mol. The number of allylic oxidation sites excluding steroid dienone is 2. The van der Waals surface area contributed by atoms with Gasteiger partial charge in [0, 0.05) is 5.25 Å². The van der Waals surface area contributed by atoms with E-state index in [1.165, 1.54) is 53.4 Å². The summed E-state index contributed by atoms with van der Waals surface area (Å²) in [5.74, 6) is -4.20. The van der Waals surface area contributed by atoms with Crippen LogP contribution in [0.3, 0.4) is 0 Å². The first-order chi connectivity index (χ1) is 21.3. The van der Waals surface area contributed by atoms with Crippen LogP contribution in [0.4, 0.5) is 30.7 Å². The number of halogens is 7. The topological polar surface area (TPSA) is 78.6 Å². The molecule has 2 atom stereocenters. The molecule has 2 aromatic carbocycles. The number of alkyl halides is 7. The summed E-state index contributed by atoms with van der Waals surface area (Å²) in [4.78, 5) is 3.89. The quantitative estimate of drug-likeness (QED) is 0.164. The van der Waals surface area contributed by atoms with Gasteiger partial charge in [0.25, 0.3) is 0 Å². The highest BCUT2D eigenvalue weighted by Gasteiger charge is 2.42. The zero-order valence-corrected chi connectivity index (χ0v) is 24.6. The van der Waals surface area contributed by atoms with Crippen molar-refractivity contribution in [1.82, 2.24) is 14.8 Å². The summed E-state index contributed by atoms with van der Waals surface area (Å²) < 4.78 is 108. The third-order valence-electron chi connectivity index (χ3n) is 6.84. The Balaban J connectivity index is 1.29. The minimum Gasteiger partial charge on any atom is -0.487 e. The number of benzene rings is 2. The first-order valence-corrected chi connectivity index (χ1v) is 14.6. The van der Waals surface area contributed by atoms with E-state index in [2.05, 4.69) is 10.1 Å². The van der Waals surface area contributed by atoms with Crippen molar-refractivity contribution >= 4 is 17.8 Å². The van der Waals surface area contributed by atoms with Gasteiger partial charge in [-0.1, -0.05) is 49.4 Å². The normalized spacial score (nSPS) is 20.1. The lowest BCUT2D eigenvalue weighted by Gasteiger charge is -2.37. The highest BCUT2D eigenvalue weighted by molar-refractivity contribution is 8.00. The maximum atomic E-state index is 13.1. The third-order valence-corrected chi connectivity index (χ3v) is 8.30. The highest BCUT2D eigenvalue weighted by atomic mass is 32.2. The molecule has 15 heteroatoms. The smallest absolute Gasteiger partial charge is 0.416 e. The molecule has 1 N–H and O–H groups in total. The molecule has 0 bridgehead atoms. The summed E-state index contributed by atoms with van der Waals surface area (Å²) in [6, 6.07) is 10.3. The van der Waals surface area contributed by atoms with Crippen LogP contribution in [0.25, 0.3) is 6.08 Å². The maximum Gasteiger partial charge on any atom is 0.416 e. The molecule has 244 valence electrons. The Morgan fingerprint density at radius 2 is 1.64 bits per heavy atom. The van der Waals surface area contributed by atoms with Gasteiger partial charge in [0.05, 0.1) is 30.6 Å². The van der Waals surface area contributed by atoms with Gasteiger partial charge in [-0.25, -0.2) is 18.4 Å². The summed E-state index contributed by atoms with van der Waals surface area (Å²) in [7, 11) is 0. The molecule has 3 aromatic rings. The minimum atomic E-state index is -4.51.